The number of benzene rings is 2. The van der Waals surface area contributed by atoms with Crippen LogP contribution >= 0.6 is 0 Å². The molecular formula is C24H22N4O5. The van der Waals surface area contributed by atoms with Crippen LogP contribution in [0.3, 0.4) is 0 Å². The topological polar surface area (TPSA) is 112 Å². The molecule has 4 rings (SSSR count). The zero-order valence-electron chi connectivity index (χ0n) is 17.7. The van der Waals surface area contributed by atoms with Crippen LogP contribution in [-0.4, -0.2) is 59.1 Å². The Morgan fingerprint density at radius 1 is 0.848 bits per heavy atom. The molecule has 168 valence electrons. The van der Waals surface area contributed by atoms with E-state index in [0.29, 0.717) is 49.0 Å². The maximum absolute atomic E-state index is 12.5. The highest BCUT2D eigenvalue weighted by molar-refractivity contribution is 6.04. The van der Waals surface area contributed by atoms with E-state index in [4.69, 9.17) is 9.84 Å². The zero-order chi connectivity index (χ0) is 23.2. The van der Waals surface area contributed by atoms with Gasteiger partial charge in [-0.3, -0.25) is 4.79 Å². The minimum atomic E-state index is -1.02. The van der Waals surface area contributed by atoms with Gasteiger partial charge in [0.15, 0.2) is 0 Å². The van der Waals surface area contributed by atoms with Crippen molar-refractivity contribution in [2.24, 2.45) is 0 Å². The van der Waals surface area contributed by atoms with Crippen LogP contribution in [0.4, 0.5) is 16.3 Å². The molecule has 0 spiro atoms. The SMILES string of the molecule is O=C(O)c1ccc(N2CCN(C(=O)Oc3ccc(NC(=O)c4ccccc4)cc3)CC2)nc1. The molecule has 0 bridgehead atoms. The fourth-order valence-corrected chi connectivity index (χ4v) is 3.38. The predicted octanol–water partition coefficient (Wildman–Crippen LogP) is 3.35. The number of amides is 2. The van der Waals surface area contributed by atoms with Gasteiger partial charge in [0.25, 0.3) is 5.91 Å². The monoisotopic (exact) mass is 446 g/mol. The Labute approximate surface area is 190 Å². The van der Waals surface area contributed by atoms with Gasteiger partial charge in [-0.1, -0.05) is 18.2 Å². The smallest absolute Gasteiger partial charge is 0.415 e. The van der Waals surface area contributed by atoms with Gasteiger partial charge < -0.3 is 25.0 Å². The van der Waals surface area contributed by atoms with E-state index in [0.717, 1.165) is 0 Å². The van der Waals surface area contributed by atoms with E-state index < -0.39 is 12.1 Å². The third kappa shape index (κ3) is 5.45. The summed E-state index contributed by atoms with van der Waals surface area (Å²) in [6.07, 6.45) is 0.870. The number of piperazine rings is 1. The summed E-state index contributed by atoms with van der Waals surface area (Å²) < 4.78 is 5.46. The number of carboxylic acid groups (broad SMARTS) is 1. The Bertz CT molecular complexity index is 1130. The Morgan fingerprint density at radius 2 is 1.55 bits per heavy atom. The van der Waals surface area contributed by atoms with Gasteiger partial charge in [0, 0.05) is 43.6 Å². The number of hydrogen-bond donors (Lipinski definition) is 2. The van der Waals surface area contributed by atoms with Crippen LogP contribution in [-0.2, 0) is 0 Å². The van der Waals surface area contributed by atoms with Crippen molar-refractivity contribution in [3.05, 3.63) is 84.1 Å². The summed E-state index contributed by atoms with van der Waals surface area (Å²) in [5.74, 6) is -0.189. The van der Waals surface area contributed by atoms with Gasteiger partial charge in [-0.2, -0.15) is 0 Å². The van der Waals surface area contributed by atoms with Gasteiger partial charge in [0.05, 0.1) is 5.56 Å². The second kappa shape index (κ2) is 9.82. The number of carbonyl (C=O) groups excluding carboxylic acids is 2. The van der Waals surface area contributed by atoms with Crippen LogP contribution < -0.4 is 15.0 Å². The predicted molar refractivity (Wildman–Crippen MR) is 122 cm³/mol. The third-order valence-electron chi connectivity index (χ3n) is 5.21. The van der Waals surface area contributed by atoms with Crippen LogP contribution in [0.15, 0.2) is 72.9 Å². The number of nitrogens with zero attached hydrogens (tertiary/aromatic N) is 3. The number of aromatic carboxylic acids is 1. The lowest BCUT2D eigenvalue weighted by Crippen LogP contribution is -2.49. The molecule has 2 heterocycles. The quantitative estimate of drug-likeness (QED) is 0.618. The van der Waals surface area contributed by atoms with Crippen LogP contribution in [0.2, 0.25) is 0 Å². The lowest BCUT2D eigenvalue weighted by Gasteiger charge is -2.34. The lowest BCUT2D eigenvalue weighted by molar-refractivity contribution is 0.0696. The molecule has 0 radical (unpaired) electrons. The molecule has 0 atom stereocenters. The molecule has 2 N–H and O–H groups in total. The molecule has 0 unspecified atom stereocenters. The normalized spacial score (nSPS) is 13.3. The average molecular weight is 446 g/mol. The molecule has 0 aliphatic carbocycles. The molecule has 1 saturated heterocycles. The molecule has 1 aliphatic rings. The molecule has 1 aromatic heterocycles. The van der Waals surface area contributed by atoms with Gasteiger partial charge in [0.1, 0.15) is 11.6 Å². The number of pyridine rings is 1. The Balaban J connectivity index is 1.27. The maximum atomic E-state index is 12.5. The molecule has 1 fully saturated rings. The van der Waals surface area contributed by atoms with Crippen molar-refractivity contribution in [1.82, 2.24) is 9.88 Å². The van der Waals surface area contributed by atoms with Crippen molar-refractivity contribution >= 4 is 29.5 Å². The minimum absolute atomic E-state index is 0.131. The first-order valence-electron chi connectivity index (χ1n) is 10.4. The number of carboxylic acids is 1. The zero-order valence-corrected chi connectivity index (χ0v) is 17.7. The van der Waals surface area contributed by atoms with Crippen LogP contribution in [0.1, 0.15) is 20.7 Å². The second-order valence-corrected chi connectivity index (χ2v) is 7.40. The number of carbonyl (C=O) groups is 3. The van der Waals surface area contributed by atoms with Gasteiger partial charge in [-0.15, -0.1) is 0 Å². The summed E-state index contributed by atoms with van der Waals surface area (Å²) in [4.78, 5) is 43.5. The molecule has 0 saturated carbocycles. The Hall–Kier alpha value is -4.40. The summed E-state index contributed by atoms with van der Waals surface area (Å²) >= 11 is 0. The van der Waals surface area contributed by atoms with E-state index >= 15 is 0 Å². The average Bonchev–Trinajstić information content (AvgIpc) is 2.86. The largest absolute Gasteiger partial charge is 0.478 e. The molecule has 2 aromatic carbocycles. The second-order valence-electron chi connectivity index (χ2n) is 7.40. The standard InChI is InChI=1S/C24H22N4O5/c29-22(17-4-2-1-3-5-17)26-19-7-9-20(10-8-19)33-24(32)28-14-12-27(13-15-28)21-11-6-18(16-25-21)23(30)31/h1-11,16H,12-15H2,(H,26,29)(H,30,31). The van der Waals surface area contributed by atoms with Gasteiger partial charge >= 0.3 is 12.1 Å². The highest BCUT2D eigenvalue weighted by Crippen LogP contribution is 2.19. The lowest BCUT2D eigenvalue weighted by atomic mass is 10.2. The van der Waals surface area contributed by atoms with E-state index in [-0.39, 0.29) is 11.5 Å². The molecule has 9 heteroatoms. The molecule has 2 amide bonds. The summed E-state index contributed by atoms with van der Waals surface area (Å²) in [6, 6.07) is 18.7. The first-order chi connectivity index (χ1) is 16.0. The molecule has 9 nitrogen and oxygen atoms in total. The van der Waals surface area contributed by atoms with E-state index in [2.05, 4.69) is 10.3 Å². The van der Waals surface area contributed by atoms with Crippen LogP contribution in [0.5, 0.6) is 5.75 Å². The Kier molecular flexibility index (Phi) is 6.49. The first kappa shape index (κ1) is 21.8. The van der Waals surface area contributed by atoms with Gasteiger partial charge in [-0.05, 0) is 48.5 Å². The minimum Gasteiger partial charge on any atom is -0.478 e. The maximum Gasteiger partial charge on any atom is 0.415 e. The van der Waals surface area contributed by atoms with Crippen molar-refractivity contribution in [2.45, 2.75) is 0 Å². The summed E-state index contributed by atoms with van der Waals surface area (Å²) in [5.41, 5.74) is 1.28. The van der Waals surface area contributed by atoms with E-state index in [1.807, 2.05) is 11.0 Å². The highest BCUT2D eigenvalue weighted by atomic mass is 16.6. The molecule has 1 aliphatic heterocycles. The van der Waals surface area contributed by atoms with Crippen molar-refractivity contribution in [1.29, 1.82) is 0 Å². The van der Waals surface area contributed by atoms with Gasteiger partial charge in [0.2, 0.25) is 0 Å². The first-order valence-corrected chi connectivity index (χ1v) is 10.4. The molecule has 33 heavy (non-hydrogen) atoms. The summed E-state index contributed by atoms with van der Waals surface area (Å²) in [5, 5.41) is 11.8. The third-order valence-corrected chi connectivity index (χ3v) is 5.21. The van der Waals surface area contributed by atoms with Crippen LogP contribution in [0, 0.1) is 0 Å². The van der Waals surface area contributed by atoms with Crippen molar-refractivity contribution in [3.8, 4) is 5.75 Å². The summed E-state index contributed by atoms with van der Waals surface area (Å²) in [7, 11) is 0. The van der Waals surface area contributed by atoms with Crippen molar-refractivity contribution < 1.29 is 24.2 Å². The van der Waals surface area contributed by atoms with E-state index in [9.17, 15) is 14.4 Å². The van der Waals surface area contributed by atoms with E-state index in [1.165, 1.54) is 12.3 Å². The number of nitrogens with one attached hydrogen (secondary N) is 1. The highest BCUT2D eigenvalue weighted by Gasteiger charge is 2.23. The summed E-state index contributed by atoms with van der Waals surface area (Å²) in [6.45, 7) is 2.01. The Morgan fingerprint density at radius 3 is 2.15 bits per heavy atom. The van der Waals surface area contributed by atoms with E-state index in [1.54, 1.807) is 59.5 Å². The number of ether oxygens (including phenoxy) is 1. The van der Waals surface area contributed by atoms with Crippen LogP contribution in [0.25, 0.3) is 0 Å². The number of rotatable bonds is 5. The van der Waals surface area contributed by atoms with Crippen molar-refractivity contribution in [2.75, 3.05) is 36.4 Å². The molecular weight excluding hydrogens is 424 g/mol. The fourth-order valence-electron chi connectivity index (χ4n) is 3.38. The van der Waals surface area contributed by atoms with Crippen molar-refractivity contribution in [3.63, 3.8) is 0 Å². The number of hydrogen-bond acceptors (Lipinski definition) is 6. The fraction of sp³-hybridized carbons (Fsp3) is 0.167. The number of anilines is 2. The number of aromatic nitrogens is 1. The molecule has 3 aromatic rings. The van der Waals surface area contributed by atoms with Gasteiger partial charge in [-0.25, -0.2) is 14.6 Å².